The monoisotopic (exact) mass is 301 g/mol. The number of carbonyl (C=O) groups is 2. The van der Waals surface area contributed by atoms with Gasteiger partial charge in [-0.2, -0.15) is 0 Å². The van der Waals surface area contributed by atoms with Crippen molar-refractivity contribution < 1.29 is 19.1 Å². The van der Waals surface area contributed by atoms with Crippen LogP contribution >= 0.6 is 0 Å². The third-order valence-corrected chi connectivity index (χ3v) is 2.31. The molecule has 124 valence electrons. The Labute approximate surface area is 128 Å². The summed E-state index contributed by atoms with van der Waals surface area (Å²) in [5.41, 5.74) is -0.837. The molecule has 0 amide bonds. The first-order valence-electron chi connectivity index (χ1n) is 7.64. The van der Waals surface area contributed by atoms with E-state index in [-0.39, 0.29) is 11.9 Å². The molecule has 1 N–H and O–H groups in total. The summed E-state index contributed by atoms with van der Waals surface area (Å²) in [5, 5.41) is 3.21. The van der Waals surface area contributed by atoms with Gasteiger partial charge in [-0.25, -0.2) is 0 Å². The van der Waals surface area contributed by atoms with E-state index < -0.39 is 11.2 Å². The Morgan fingerprint density at radius 2 is 1.10 bits per heavy atom. The van der Waals surface area contributed by atoms with Crippen LogP contribution in [0.1, 0.15) is 67.2 Å². The molecule has 5 heteroatoms. The zero-order valence-electron chi connectivity index (χ0n) is 14.4. The lowest BCUT2D eigenvalue weighted by Gasteiger charge is -2.19. The maximum Gasteiger partial charge on any atom is 0.306 e. The van der Waals surface area contributed by atoms with Gasteiger partial charge in [0.25, 0.3) is 0 Å². The number of rotatable bonds is 8. The normalized spacial score (nSPS) is 12.1. The third kappa shape index (κ3) is 15.1. The SMILES string of the molecule is CC(C)(C)OC(=O)CCCNCCCC(=O)OC(C)(C)C. The fraction of sp³-hybridized carbons (Fsp3) is 0.875. The van der Waals surface area contributed by atoms with E-state index in [1.165, 1.54) is 0 Å². The first-order valence-corrected chi connectivity index (χ1v) is 7.64. The molecule has 0 bridgehead atoms. The van der Waals surface area contributed by atoms with Crippen molar-refractivity contribution >= 4 is 11.9 Å². The van der Waals surface area contributed by atoms with Gasteiger partial charge >= 0.3 is 11.9 Å². The summed E-state index contributed by atoms with van der Waals surface area (Å²) < 4.78 is 10.4. The highest BCUT2D eigenvalue weighted by Gasteiger charge is 2.16. The molecule has 0 aromatic heterocycles. The average Bonchev–Trinajstić information content (AvgIpc) is 2.22. The predicted octanol–water partition coefficient (Wildman–Crippen LogP) is 2.82. The van der Waals surface area contributed by atoms with Crippen LogP contribution in [0, 0.1) is 0 Å². The van der Waals surface area contributed by atoms with Crippen molar-refractivity contribution in [2.75, 3.05) is 13.1 Å². The number of hydrogen-bond donors (Lipinski definition) is 1. The minimum absolute atomic E-state index is 0.168. The zero-order chi connectivity index (χ0) is 16.5. The Kier molecular flexibility index (Phi) is 8.55. The van der Waals surface area contributed by atoms with Gasteiger partial charge in [0.1, 0.15) is 11.2 Å². The van der Waals surface area contributed by atoms with Crippen LogP contribution in [-0.2, 0) is 19.1 Å². The Morgan fingerprint density at radius 1 is 0.762 bits per heavy atom. The molecular weight excluding hydrogens is 270 g/mol. The van der Waals surface area contributed by atoms with Gasteiger partial charge in [0.2, 0.25) is 0 Å². The second kappa shape index (κ2) is 9.03. The minimum atomic E-state index is -0.419. The van der Waals surface area contributed by atoms with E-state index in [2.05, 4.69) is 5.32 Å². The third-order valence-electron chi connectivity index (χ3n) is 2.31. The van der Waals surface area contributed by atoms with Crippen molar-refractivity contribution in [3.8, 4) is 0 Å². The van der Waals surface area contributed by atoms with Crippen molar-refractivity contribution in [1.82, 2.24) is 5.32 Å². The summed E-state index contributed by atoms with van der Waals surface area (Å²) in [6.07, 6.45) is 2.30. The Hall–Kier alpha value is -1.10. The summed E-state index contributed by atoms with van der Waals surface area (Å²) in [6.45, 7) is 12.7. The molecule has 0 aromatic rings. The van der Waals surface area contributed by atoms with Crippen LogP contribution in [0.25, 0.3) is 0 Å². The predicted molar refractivity (Wildman–Crippen MR) is 83.0 cm³/mol. The van der Waals surface area contributed by atoms with E-state index in [1.54, 1.807) is 0 Å². The molecule has 0 radical (unpaired) electrons. The van der Waals surface area contributed by atoms with Gasteiger partial charge in [-0.1, -0.05) is 0 Å². The Morgan fingerprint density at radius 3 is 1.38 bits per heavy atom. The maximum absolute atomic E-state index is 11.5. The van der Waals surface area contributed by atoms with E-state index in [1.807, 2.05) is 41.5 Å². The highest BCUT2D eigenvalue weighted by Crippen LogP contribution is 2.09. The lowest BCUT2D eigenvalue weighted by atomic mass is 10.2. The van der Waals surface area contributed by atoms with Gasteiger partial charge in [-0.15, -0.1) is 0 Å². The molecule has 0 aliphatic heterocycles. The van der Waals surface area contributed by atoms with Crippen LogP contribution in [0.15, 0.2) is 0 Å². The van der Waals surface area contributed by atoms with Crippen molar-refractivity contribution in [3.05, 3.63) is 0 Å². The van der Waals surface area contributed by atoms with Crippen LogP contribution in [0.3, 0.4) is 0 Å². The van der Waals surface area contributed by atoms with Crippen molar-refractivity contribution in [3.63, 3.8) is 0 Å². The van der Waals surface area contributed by atoms with Gasteiger partial charge < -0.3 is 14.8 Å². The van der Waals surface area contributed by atoms with Crippen molar-refractivity contribution in [2.24, 2.45) is 0 Å². The summed E-state index contributed by atoms with van der Waals surface area (Å²) in [5.74, 6) is -0.337. The molecule has 0 spiro atoms. The molecule has 5 nitrogen and oxygen atoms in total. The Balaban J connectivity index is 3.49. The smallest absolute Gasteiger partial charge is 0.306 e. The standard InChI is InChI=1S/C16H31NO4/c1-15(2,3)20-13(18)9-7-11-17-12-8-10-14(19)21-16(4,5)6/h17H,7-12H2,1-6H3. The number of esters is 2. The fourth-order valence-corrected chi connectivity index (χ4v) is 1.63. The van der Waals surface area contributed by atoms with Gasteiger partial charge in [0.15, 0.2) is 0 Å². The summed E-state index contributed by atoms with van der Waals surface area (Å²) >= 11 is 0. The molecule has 0 aliphatic rings. The first kappa shape index (κ1) is 19.9. The second-order valence-electron chi connectivity index (χ2n) is 7.13. The van der Waals surface area contributed by atoms with Gasteiger partial charge in [0.05, 0.1) is 0 Å². The van der Waals surface area contributed by atoms with Gasteiger partial charge in [0, 0.05) is 12.8 Å². The van der Waals surface area contributed by atoms with Gasteiger partial charge in [-0.05, 0) is 67.5 Å². The quantitative estimate of drug-likeness (QED) is 0.551. The number of ether oxygens (including phenoxy) is 2. The molecule has 0 aliphatic carbocycles. The molecule has 0 saturated heterocycles. The largest absolute Gasteiger partial charge is 0.460 e. The molecule has 21 heavy (non-hydrogen) atoms. The van der Waals surface area contributed by atoms with E-state index >= 15 is 0 Å². The molecule has 0 unspecified atom stereocenters. The second-order valence-corrected chi connectivity index (χ2v) is 7.13. The topological polar surface area (TPSA) is 64.6 Å². The van der Waals surface area contributed by atoms with Crippen LogP contribution in [-0.4, -0.2) is 36.2 Å². The molecule has 0 saturated carbocycles. The number of carbonyl (C=O) groups excluding carboxylic acids is 2. The number of hydrogen-bond acceptors (Lipinski definition) is 5. The first-order chi connectivity index (χ1) is 9.49. The molecular formula is C16H31NO4. The molecule has 0 aromatic carbocycles. The lowest BCUT2D eigenvalue weighted by molar-refractivity contribution is -0.155. The summed E-state index contributed by atoms with van der Waals surface area (Å²) in [4.78, 5) is 22.9. The molecule has 0 heterocycles. The van der Waals surface area contributed by atoms with E-state index in [4.69, 9.17) is 9.47 Å². The Bertz CT molecular complexity index is 294. The van der Waals surface area contributed by atoms with Crippen LogP contribution < -0.4 is 5.32 Å². The molecule has 0 fully saturated rings. The number of nitrogens with one attached hydrogen (secondary N) is 1. The van der Waals surface area contributed by atoms with E-state index in [9.17, 15) is 9.59 Å². The highest BCUT2D eigenvalue weighted by molar-refractivity contribution is 5.70. The van der Waals surface area contributed by atoms with E-state index in [0.717, 1.165) is 25.9 Å². The zero-order valence-corrected chi connectivity index (χ0v) is 14.4. The van der Waals surface area contributed by atoms with Crippen LogP contribution in [0.4, 0.5) is 0 Å². The van der Waals surface area contributed by atoms with Crippen molar-refractivity contribution in [1.29, 1.82) is 0 Å². The van der Waals surface area contributed by atoms with Crippen LogP contribution in [0.5, 0.6) is 0 Å². The van der Waals surface area contributed by atoms with Crippen molar-refractivity contribution in [2.45, 2.75) is 78.4 Å². The average molecular weight is 301 g/mol. The molecule has 0 rings (SSSR count). The maximum atomic E-state index is 11.5. The fourth-order valence-electron chi connectivity index (χ4n) is 1.63. The molecule has 0 atom stereocenters. The highest BCUT2D eigenvalue weighted by atomic mass is 16.6. The lowest BCUT2D eigenvalue weighted by Crippen LogP contribution is -2.25. The van der Waals surface area contributed by atoms with E-state index in [0.29, 0.717) is 12.8 Å². The summed E-state index contributed by atoms with van der Waals surface area (Å²) in [7, 11) is 0. The van der Waals surface area contributed by atoms with Gasteiger partial charge in [-0.3, -0.25) is 9.59 Å². The van der Waals surface area contributed by atoms with Crippen LogP contribution in [0.2, 0.25) is 0 Å². The summed E-state index contributed by atoms with van der Waals surface area (Å²) in [6, 6.07) is 0. The minimum Gasteiger partial charge on any atom is -0.460 e.